The number of rotatable bonds is 30. The minimum atomic E-state index is -4.22. The third-order valence-electron chi connectivity index (χ3n) is 10.0. The Morgan fingerprint density at radius 3 is 1.15 bits per heavy atom. The Kier molecular flexibility index (Phi) is 22.3. The van der Waals surface area contributed by atoms with Crippen LogP contribution in [0, 0.1) is 0 Å². The Labute approximate surface area is 291 Å². The first-order valence-electron chi connectivity index (χ1n) is 19.7. The fourth-order valence-electron chi connectivity index (χ4n) is 7.18. The molecular formula is C42H71NO3S. The summed E-state index contributed by atoms with van der Waals surface area (Å²) in [5, 5.41) is 0. The monoisotopic (exact) mass is 670 g/mol. The van der Waals surface area contributed by atoms with Gasteiger partial charge < -0.3 is 9.04 Å². The summed E-state index contributed by atoms with van der Waals surface area (Å²) in [5.41, 5.74) is 5.57. The highest BCUT2D eigenvalue weighted by molar-refractivity contribution is 7.85. The van der Waals surface area contributed by atoms with Crippen molar-refractivity contribution in [1.29, 1.82) is 0 Å². The van der Waals surface area contributed by atoms with Gasteiger partial charge in [-0.05, 0) is 36.8 Å². The third kappa shape index (κ3) is 20.4. The number of hydrogen-bond acceptors (Lipinski definition) is 3. The molecule has 0 N–H and O–H groups in total. The molecule has 268 valence electrons. The molecule has 0 aliphatic rings. The van der Waals surface area contributed by atoms with Gasteiger partial charge in [-0.1, -0.05) is 178 Å². The second-order valence-electron chi connectivity index (χ2n) is 14.7. The molecule has 0 spiro atoms. The number of quaternary nitrogens is 1. The van der Waals surface area contributed by atoms with E-state index in [0.717, 1.165) is 25.9 Å². The summed E-state index contributed by atoms with van der Waals surface area (Å²) in [7, 11) is -1.97. The number of aryl methyl sites for hydroxylation is 2. The fraction of sp³-hybridized carbons (Fsp3) is 0.714. The first kappa shape index (κ1) is 41.5. The Balaban J connectivity index is 1.96. The van der Waals surface area contributed by atoms with Crippen molar-refractivity contribution in [2.24, 2.45) is 0 Å². The molecule has 0 aliphatic heterocycles. The number of hydrogen-bond donors (Lipinski definition) is 0. The van der Waals surface area contributed by atoms with Crippen molar-refractivity contribution in [3.8, 4) is 0 Å². The van der Waals surface area contributed by atoms with Gasteiger partial charge in [0.05, 0.1) is 23.7 Å². The molecule has 5 heteroatoms. The molecular weight excluding hydrogens is 599 g/mol. The zero-order valence-electron chi connectivity index (χ0n) is 30.8. The molecule has 0 heterocycles. The highest BCUT2D eigenvalue weighted by atomic mass is 32.2. The number of nitrogens with zero attached hydrogens (tertiary/aromatic N) is 1. The van der Waals surface area contributed by atoms with Crippen molar-refractivity contribution in [2.75, 3.05) is 19.3 Å². The number of unbranched alkanes of at least 4 members (excludes halogenated alkanes) is 18. The SMILES string of the molecule is CCCCCCCCCCCCc1ccccc1C[N+](C)(CCCS(=O)(=O)[O-])Cc1ccccc1CCCCCCCCCCCC. The smallest absolute Gasteiger partial charge is 0.105 e. The van der Waals surface area contributed by atoms with E-state index in [1.807, 2.05) is 0 Å². The van der Waals surface area contributed by atoms with Gasteiger partial charge >= 0.3 is 0 Å². The minimum absolute atomic E-state index is 0.290. The maximum Gasteiger partial charge on any atom is 0.105 e. The van der Waals surface area contributed by atoms with E-state index in [0.29, 0.717) is 17.4 Å². The van der Waals surface area contributed by atoms with Crippen molar-refractivity contribution in [2.45, 2.75) is 175 Å². The normalized spacial score (nSPS) is 12.2. The topological polar surface area (TPSA) is 57.2 Å². The summed E-state index contributed by atoms with van der Waals surface area (Å²) in [6.45, 7) is 6.91. The molecule has 0 radical (unpaired) electrons. The van der Waals surface area contributed by atoms with Gasteiger partial charge in [-0.15, -0.1) is 0 Å². The van der Waals surface area contributed by atoms with Crippen LogP contribution in [0.3, 0.4) is 0 Å². The molecule has 4 nitrogen and oxygen atoms in total. The maximum absolute atomic E-state index is 11.5. The predicted octanol–water partition coefficient (Wildman–Crippen LogP) is 11.7. The van der Waals surface area contributed by atoms with Crippen LogP contribution in [-0.2, 0) is 36.0 Å². The first-order chi connectivity index (χ1) is 22.8. The van der Waals surface area contributed by atoms with Gasteiger partial charge in [0.15, 0.2) is 0 Å². The summed E-state index contributed by atoms with van der Waals surface area (Å²) in [6, 6.07) is 17.7. The molecule has 0 bridgehead atoms. The van der Waals surface area contributed by atoms with Gasteiger partial charge in [0, 0.05) is 23.3 Å². The van der Waals surface area contributed by atoms with Gasteiger partial charge in [0.25, 0.3) is 0 Å². The van der Waals surface area contributed by atoms with Crippen LogP contribution in [-0.4, -0.2) is 36.8 Å². The standard InChI is InChI=1S/C42H71NO3S/c1-4-6-8-10-12-14-16-18-20-22-29-39-31-24-26-33-41(39)37-43(3,35-28-36-47(44,45)46)38-42-34-27-25-32-40(42)30-23-21-19-17-15-13-11-9-7-5-2/h24-27,31-34H,4-23,28-30,35-38H2,1-3H3. The molecule has 0 fully saturated rings. The second-order valence-corrected chi connectivity index (χ2v) is 16.2. The molecule has 2 aromatic rings. The summed E-state index contributed by atoms with van der Waals surface area (Å²) >= 11 is 0. The van der Waals surface area contributed by atoms with Crippen LogP contribution in [0.2, 0.25) is 0 Å². The summed E-state index contributed by atoms with van der Waals surface area (Å²) < 4.78 is 35.3. The van der Waals surface area contributed by atoms with Gasteiger partial charge in [0.2, 0.25) is 0 Å². The van der Waals surface area contributed by atoms with Crippen molar-refractivity contribution in [1.82, 2.24) is 0 Å². The van der Waals surface area contributed by atoms with Gasteiger partial charge in [0.1, 0.15) is 13.1 Å². The van der Waals surface area contributed by atoms with E-state index < -0.39 is 10.1 Å². The van der Waals surface area contributed by atoms with E-state index in [2.05, 4.69) is 69.4 Å². The lowest BCUT2D eigenvalue weighted by Crippen LogP contribution is -2.44. The molecule has 0 unspecified atom stereocenters. The minimum Gasteiger partial charge on any atom is -0.748 e. The average Bonchev–Trinajstić information content (AvgIpc) is 3.03. The van der Waals surface area contributed by atoms with E-state index in [9.17, 15) is 13.0 Å². The Morgan fingerprint density at radius 1 is 0.489 bits per heavy atom. The zero-order chi connectivity index (χ0) is 34.1. The quantitative estimate of drug-likeness (QED) is 0.0472. The predicted molar refractivity (Wildman–Crippen MR) is 202 cm³/mol. The van der Waals surface area contributed by atoms with E-state index in [4.69, 9.17) is 0 Å². The summed E-state index contributed by atoms with van der Waals surface area (Å²) in [6.07, 6.45) is 29.4. The lowest BCUT2D eigenvalue weighted by atomic mass is 9.97. The summed E-state index contributed by atoms with van der Waals surface area (Å²) in [4.78, 5) is 0. The first-order valence-corrected chi connectivity index (χ1v) is 21.2. The van der Waals surface area contributed by atoms with Gasteiger partial charge in [-0.2, -0.15) is 0 Å². The second kappa shape index (κ2) is 25.3. The van der Waals surface area contributed by atoms with E-state index >= 15 is 0 Å². The van der Waals surface area contributed by atoms with Gasteiger partial charge in [-0.25, -0.2) is 8.42 Å². The third-order valence-corrected chi connectivity index (χ3v) is 10.8. The molecule has 47 heavy (non-hydrogen) atoms. The van der Waals surface area contributed by atoms with Gasteiger partial charge in [-0.3, -0.25) is 0 Å². The van der Waals surface area contributed by atoms with Crippen LogP contribution in [0.1, 0.15) is 171 Å². The molecule has 0 amide bonds. The molecule has 0 aliphatic carbocycles. The van der Waals surface area contributed by atoms with Crippen LogP contribution >= 0.6 is 0 Å². The number of benzene rings is 2. The van der Waals surface area contributed by atoms with Crippen LogP contribution < -0.4 is 0 Å². The fourth-order valence-corrected chi connectivity index (χ4v) is 7.66. The molecule has 0 saturated heterocycles. The Hall–Kier alpha value is -1.69. The Bertz CT molecular complexity index is 1090. The Morgan fingerprint density at radius 2 is 0.809 bits per heavy atom. The lowest BCUT2D eigenvalue weighted by molar-refractivity contribution is -0.935. The van der Waals surface area contributed by atoms with Crippen LogP contribution in [0.25, 0.3) is 0 Å². The highest BCUT2D eigenvalue weighted by Gasteiger charge is 2.25. The zero-order valence-corrected chi connectivity index (χ0v) is 31.6. The van der Waals surface area contributed by atoms with E-state index in [-0.39, 0.29) is 5.75 Å². The highest BCUT2D eigenvalue weighted by Crippen LogP contribution is 2.25. The lowest BCUT2D eigenvalue weighted by Gasteiger charge is -2.36. The van der Waals surface area contributed by atoms with E-state index in [1.54, 1.807) is 0 Å². The molecule has 2 aromatic carbocycles. The van der Waals surface area contributed by atoms with Crippen molar-refractivity contribution in [3.05, 3.63) is 70.8 Å². The average molecular weight is 670 g/mol. The van der Waals surface area contributed by atoms with Crippen LogP contribution in [0.15, 0.2) is 48.5 Å². The maximum atomic E-state index is 11.5. The molecule has 2 rings (SSSR count). The van der Waals surface area contributed by atoms with Crippen molar-refractivity contribution < 1.29 is 17.5 Å². The largest absolute Gasteiger partial charge is 0.748 e. The van der Waals surface area contributed by atoms with Crippen LogP contribution in [0.4, 0.5) is 0 Å². The van der Waals surface area contributed by atoms with Crippen LogP contribution in [0.5, 0.6) is 0 Å². The molecule has 0 saturated carbocycles. The van der Waals surface area contributed by atoms with E-state index in [1.165, 1.54) is 151 Å². The van der Waals surface area contributed by atoms with Crippen molar-refractivity contribution >= 4 is 10.1 Å². The molecule has 0 aromatic heterocycles. The molecule has 0 atom stereocenters. The summed E-state index contributed by atoms with van der Waals surface area (Å²) in [5.74, 6) is -0.290. The van der Waals surface area contributed by atoms with Crippen molar-refractivity contribution in [3.63, 3.8) is 0 Å².